The van der Waals surface area contributed by atoms with E-state index in [0.717, 1.165) is 50.7 Å². The van der Waals surface area contributed by atoms with Crippen molar-refractivity contribution in [3.63, 3.8) is 0 Å². The van der Waals surface area contributed by atoms with Crippen LogP contribution in [-0.4, -0.2) is 11.3 Å². The highest BCUT2D eigenvalue weighted by Gasteiger charge is 2.47. The monoisotopic (exact) mass is 1420 g/mol. The lowest BCUT2D eigenvalue weighted by molar-refractivity contribution is 0.590. The minimum Gasteiger partial charge on any atom is -0.310 e. The van der Waals surface area contributed by atoms with Crippen molar-refractivity contribution in [1.82, 2.24) is 4.57 Å². The Bertz CT molecular complexity index is 6380. The Labute approximate surface area is 649 Å². The maximum Gasteiger partial charge on any atom is 0.252 e. The molecule has 19 rings (SSSR count). The summed E-state index contributed by atoms with van der Waals surface area (Å²) in [6.07, 6.45) is 0. The summed E-state index contributed by atoms with van der Waals surface area (Å²) in [6, 6.07) is 116. The van der Waals surface area contributed by atoms with Crippen LogP contribution in [0, 0.1) is 0 Å². The molecule has 4 heteroatoms. The smallest absolute Gasteiger partial charge is 0.252 e. The molecular weight excluding hydrogens is 1330 g/mol. The predicted octanol–water partition coefficient (Wildman–Crippen LogP) is 27.7. The molecule has 0 spiro atoms. The number of hydrogen-bond donors (Lipinski definition) is 0. The van der Waals surface area contributed by atoms with Gasteiger partial charge in [-0.05, 0) is 227 Å². The van der Waals surface area contributed by atoms with Crippen molar-refractivity contribution >= 4 is 122 Å². The van der Waals surface area contributed by atoms with E-state index in [2.05, 4.69) is 415 Å². The topological polar surface area (TPSA) is 11.4 Å². The van der Waals surface area contributed by atoms with Crippen molar-refractivity contribution in [3.05, 3.63) is 325 Å². The van der Waals surface area contributed by atoms with E-state index in [0.29, 0.717) is 0 Å². The van der Waals surface area contributed by atoms with E-state index in [-0.39, 0.29) is 33.8 Å². The number of anilines is 6. The summed E-state index contributed by atoms with van der Waals surface area (Å²) in [4.78, 5) is 5.52. The number of rotatable bonds is 8. The second-order valence-electron chi connectivity index (χ2n) is 36.5. The van der Waals surface area contributed by atoms with Gasteiger partial charge in [0.15, 0.2) is 0 Å². The van der Waals surface area contributed by atoms with Crippen LogP contribution < -0.4 is 26.2 Å². The zero-order valence-electron chi connectivity index (χ0n) is 66.2. The fraction of sp³-hybridized carbons (Fsp3) is 0.189. The van der Waals surface area contributed by atoms with Crippen LogP contribution in [0.2, 0.25) is 0 Å². The quantitative estimate of drug-likeness (QED) is 0.0853. The Hall–Kier alpha value is -11.7. The number of benzene rings is 16. The van der Waals surface area contributed by atoms with Gasteiger partial charge in [-0.2, -0.15) is 0 Å². The van der Waals surface area contributed by atoms with E-state index in [4.69, 9.17) is 0 Å². The van der Waals surface area contributed by atoms with Gasteiger partial charge in [-0.1, -0.05) is 322 Å². The fourth-order valence-electron chi connectivity index (χ4n) is 18.3. The molecule has 0 atom stereocenters. The predicted molar refractivity (Wildman–Crippen MR) is 477 cm³/mol. The molecule has 0 radical (unpaired) electrons. The number of nitrogens with zero attached hydrogens (tertiary/aromatic N) is 3. The van der Waals surface area contributed by atoms with E-state index in [1.165, 1.54) is 154 Å². The van der Waals surface area contributed by atoms with Crippen LogP contribution in [0.4, 0.5) is 34.1 Å². The number of aromatic nitrogens is 1. The van der Waals surface area contributed by atoms with Crippen LogP contribution in [0.3, 0.4) is 0 Å². The van der Waals surface area contributed by atoms with Crippen molar-refractivity contribution in [2.24, 2.45) is 0 Å². The summed E-state index contributed by atoms with van der Waals surface area (Å²) in [6.45, 7) is 35.3. The lowest BCUT2D eigenvalue weighted by Gasteiger charge is -2.47. The first-order valence-corrected chi connectivity index (χ1v) is 39.6. The third-order valence-corrected chi connectivity index (χ3v) is 24.2. The van der Waals surface area contributed by atoms with Crippen LogP contribution in [0.5, 0.6) is 0 Å². The lowest BCUT2D eigenvalue weighted by Crippen LogP contribution is -2.61. The summed E-state index contributed by atoms with van der Waals surface area (Å²) in [5.74, 6) is 0. The first-order chi connectivity index (χ1) is 52.7. The lowest BCUT2D eigenvalue weighted by atomic mass is 9.33. The maximum atomic E-state index is 2.76. The highest BCUT2D eigenvalue weighted by Crippen LogP contribution is 2.57. The molecule has 0 saturated heterocycles. The highest BCUT2D eigenvalue weighted by atomic mass is 15.2. The van der Waals surface area contributed by atoms with Crippen molar-refractivity contribution < 1.29 is 0 Å². The normalized spacial score (nSPS) is 13.4. The Morgan fingerprint density at radius 1 is 0.236 bits per heavy atom. The van der Waals surface area contributed by atoms with E-state index >= 15 is 0 Å². The molecule has 0 bridgehead atoms. The zero-order chi connectivity index (χ0) is 75.8. The van der Waals surface area contributed by atoms with Crippen LogP contribution >= 0.6 is 0 Å². The van der Waals surface area contributed by atoms with Crippen LogP contribution in [0.15, 0.2) is 297 Å². The fourth-order valence-corrected chi connectivity index (χ4v) is 18.3. The molecular formula is C106H94BN3. The Morgan fingerprint density at radius 3 is 1.05 bits per heavy atom. The Kier molecular flexibility index (Phi) is 15.6. The summed E-state index contributed by atoms with van der Waals surface area (Å²) in [7, 11) is 0. The average Bonchev–Trinajstić information content (AvgIpc) is 0.706. The maximum absolute atomic E-state index is 2.76. The number of fused-ring (bicyclic) bond motifs is 9. The van der Waals surface area contributed by atoms with Crippen molar-refractivity contribution in [2.75, 3.05) is 9.80 Å². The number of hydrogen-bond acceptors (Lipinski definition) is 2. The van der Waals surface area contributed by atoms with Gasteiger partial charge in [0.05, 0.1) is 22.4 Å². The van der Waals surface area contributed by atoms with Crippen molar-refractivity contribution in [3.8, 4) is 61.3 Å². The Morgan fingerprint density at radius 2 is 0.618 bits per heavy atom. The van der Waals surface area contributed by atoms with Gasteiger partial charge < -0.3 is 14.4 Å². The second-order valence-corrected chi connectivity index (χ2v) is 36.5. The van der Waals surface area contributed by atoms with Crippen LogP contribution in [0.25, 0.3) is 126 Å². The standard InChI is InChI=1S/C106H94BN3/c1-102(2,3)72-47-53-90-86(56-72)87-57-73(103(4,5)6)48-54-91(87)108(90)77-49-52-89-93(64-77)110(101-84(67-35-24-18-25-36-67)60-75(105(10,11)12)61-85(101)68-37-26-19-27-38-68)95-63-76(106(13,14)15)62-94-99(95)107(89)88-51-46-71(78-50-45-70-41-29-43-80-79-42-28-39-69-40-30-44-81(96(69)79)98(78)97(70)80)55-92(88)109(94)100-82(65-31-20-16-21-32-65)58-74(104(7,8)9)59-83(100)66-33-22-17-23-34-66/h16-64H,1-15H3. The van der Waals surface area contributed by atoms with Crippen molar-refractivity contribution in [1.29, 1.82) is 0 Å². The third kappa shape index (κ3) is 11.0. The summed E-state index contributed by atoms with van der Waals surface area (Å²) in [5.41, 5.74) is 31.5. The SMILES string of the molecule is CC(C)(C)c1cc(-c2ccccc2)c(N2c3cc(-c4ccc5cccc6c7cccc8cccc(c4c56)c87)ccc3B3c4ccc(-n5c6ccc(C(C)(C)C)cc6c6cc(C(C)(C)C)ccc65)cc4N(c4c(-c5ccccc5)cc(C(C)(C)C)cc4-c4ccccc4)c4cc(C(C)(C)C)cc2c43)c(-c2ccccc2)c1. The molecule has 3 nitrogen and oxygen atoms in total. The largest absolute Gasteiger partial charge is 0.310 e. The molecule has 2 aliphatic rings. The van der Waals surface area contributed by atoms with Gasteiger partial charge in [0.1, 0.15) is 0 Å². The van der Waals surface area contributed by atoms with Crippen LogP contribution in [-0.2, 0) is 27.1 Å². The molecule has 2 aliphatic heterocycles. The van der Waals surface area contributed by atoms with E-state index in [9.17, 15) is 0 Å². The highest BCUT2D eigenvalue weighted by molar-refractivity contribution is 7.00. The molecule has 1 aromatic heterocycles. The molecule has 0 saturated carbocycles. The van der Waals surface area contributed by atoms with Gasteiger partial charge in [0.25, 0.3) is 6.71 Å². The molecule has 0 aliphatic carbocycles. The van der Waals surface area contributed by atoms with E-state index in [1.54, 1.807) is 0 Å². The minimum atomic E-state index is -0.340. The minimum absolute atomic E-state index is 0.0603. The zero-order valence-corrected chi connectivity index (χ0v) is 66.2. The van der Waals surface area contributed by atoms with Gasteiger partial charge in [-0.3, -0.25) is 0 Å². The van der Waals surface area contributed by atoms with Gasteiger partial charge in [0, 0.05) is 61.5 Å². The first kappa shape index (κ1) is 68.8. The molecule has 17 aromatic rings. The molecule has 536 valence electrons. The molecule has 0 fully saturated rings. The van der Waals surface area contributed by atoms with E-state index in [1.807, 2.05) is 0 Å². The van der Waals surface area contributed by atoms with Crippen molar-refractivity contribution in [2.45, 2.75) is 131 Å². The van der Waals surface area contributed by atoms with Gasteiger partial charge in [-0.15, -0.1) is 0 Å². The molecule has 0 amide bonds. The molecule has 0 N–H and O–H groups in total. The molecule has 0 unspecified atom stereocenters. The third-order valence-electron chi connectivity index (χ3n) is 24.2. The van der Waals surface area contributed by atoms with E-state index < -0.39 is 0 Å². The first-order valence-electron chi connectivity index (χ1n) is 39.6. The van der Waals surface area contributed by atoms with Gasteiger partial charge in [0.2, 0.25) is 0 Å². The van der Waals surface area contributed by atoms with Crippen LogP contribution in [0.1, 0.15) is 132 Å². The molecule has 3 heterocycles. The Balaban J connectivity index is 1.000. The summed E-state index contributed by atoms with van der Waals surface area (Å²) >= 11 is 0. The van der Waals surface area contributed by atoms with Gasteiger partial charge >= 0.3 is 0 Å². The summed E-state index contributed by atoms with van der Waals surface area (Å²) in [5, 5.41) is 12.8. The summed E-state index contributed by atoms with van der Waals surface area (Å²) < 4.78 is 2.58. The molecule has 16 aromatic carbocycles. The van der Waals surface area contributed by atoms with Gasteiger partial charge in [-0.25, -0.2) is 0 Å². The second kappa shape index (κ2) is 24.9. The molecule has 110 heavy (non-hydrogen) atoms. The average molecular weight is 1420 g/mol.